The van der Waals surface area contributed by atoms with Crippen molar-refractivity contribution in [3.8, 4) is 5.75 Å². The molecule has 4 N–H and O–H groups in total. The van der Waals surface area contributed by atoms with Gasteiger partial charge in [0.05, 0.1) is 60.6 Å². The number of ether oxygens (including phenoxy) is 4. The number of phenolic OH excluding ortho intramolecular Hbond substituents is 1. The summed E-state index contributed by atoms with van der Waals surface area (Å²) >= 11 is 0. The molecule has 11 heterocycles. The van der Waals surface area contributed by atoms with E-state index in [4.69, 9.17) is 18.9 Å². The normalized spacial score (nSPS) is 43.4. The molecule has 4 spiro atoms. The number of piperidine rings is 4. The lowest BCUT2D eigenvalue weighted by Crippen LogP contribution is -2.83. The van der Waals surface area contributed by atoms with Crippen molar-refractivity contribution < 1.29 is 38.7 Å². The number of hydrogen-bond donors (Lipinski definition) is 4. The third-order valence-electron chi connectivity index (χ3n) is 24.0. The van der Waals surface area contributed by atoms with Gasteiger partial charge in [-0.1, -0.05) is 60.2 Å². The summed E-state index contributed by atoms with van der Waals surface area (Å²) in [6.07, 6.45) is 9.59. The fourth-order valence-corrected chi connectivity index (χ4v) is 21.8. The molecule has 14 heteroatoms. The second-order valence-corrected chi connectivity index (χ2v) is 25.9. The van der Waals surface area contributed by atoms with Crippen molar-refractivity contribution in [3.05, 3.63) is 112 Å². The van der Waals surface area contributed by atoms with Crippen LogP contribution in [-0.2, 0) is 45.8 Å². The number of benzene rings is 3. The number of nitrogens with one attached hydrogen (secondary N) is 2. The molecule has 0 amide bonds. The van der Waals surface area contributed by atoms with Gasteiger partial charge in [0, 0.05) is 113 Å². The first-order valence-electron chi connectivity index (χ1n) is 28.8. The van der Waals surface area contributed by atoms with Crippen LogP contribution in [0.1, 0.15) is 98.6 Å². The molecular weight excluding hydrogens is 957 g/mol. The Morgan fingerprint density at radius 3 is 2.58 bits per heavy atom. The molecule has 17 rings (SSSR count). The number of likely N-dealkylation sites (N-methyl/N-ethyl adjacent to an activating group) is 1. The number of para-hydroxylation sites is 2. The Morgan fingerprint density at radius 2 is 1.72 bits per heavy atom. The Hall–Kier alpha value is -5.22. The largest absolute Gasteiger partial charge is 0.505 e. The van der Waals surface area contributed by atoms with Gasteiger partial charge >= 0.3 is 11.9 Å². The number of likely N-dealkylation sites (tertiary alicyclic amines) is 1. The summed E-state index contributed by atoms with van der Waals surface area (Å²) < 4.78 is 25.6. The molecule has 14 nitrogen and oxygen atoms in total. The van der Waals surface area contributed by atoms with Crippen molar-refractivity contribution >= 4 is 34.2 Å². The molecule has 1 saturated carbocycles. The Labute approximate surface area is 443 Å². The average Bonchev–Trinajstić information content (AvgIpc) is 3.19. The number of fused-ring (bicyclic) bond motifs is 12. The second kappa shape index (κ2) is 15.1. The molecule has 10 aliphatic heterocycles. The molecular formula is C62H70N6O8. The van der Waals surface area contributed by atoms with Crippen LogP contribution < -0.4 is 10.2 Å². The molecule has 3 aromatic carbocycles. The first kappa shape index (κ1) is 45.8. The van der Waals surface area contributed by atoms with Gasteiger partial charge in [0.1, 0.15) is 5.75 Å². The van der Waals surface area contributed by atoms with E-state index in [1.165, 1.54) is 30.9 Å². The zero-order valence-corrected chi connectivity index (χ0v) is 44.1. The predicted molar refractivity (Wildman–Crippen MR) is 284 cm³/mol. The topological polar surface area (TPSA) is 152 Å². The SMILES string of the molecule is C/C=C1/CN(C)C2Cc3c([nH]c4ccccc34)[C@H](c3ccc4c(c3O)N3[C@@H]5[C@@H](C[C@@H]6C[C@]78CCO[C@H]7CCN7CC[C@@]4(C78)C63O)[C@@H]3OCC[C@]34CC(C(=O)OC)=C3Nc6ccccc6[C@@]36CCN5C46)C[C@H]1[C@@H]2C(=O)OC. The second-order valence-electron chi connectivity index (χ2n) is 25.9. The van der Waals surface area contributed by atoms with Gasteiger partial charge in [0.15, 0.2) is 5.72 Å². The maximum absolute atomic E-state index is 15.2. The van der Waals surface area contributed by atoms with Crippen molar-refractivity contribution in [1.29, 1.82) is 0 Å². The summed E-state index contributed by atoms with van der Waals surface area (Å²) in [5.41, 5.74) is 8.07. The zero-order chi connectivity index (χ0) is 51.2. The van der Waals surface area contributed by atoms with E-state index >= 15 is 5.11 Å². The molecule has 2 bridgehead atoms. The van der Waals surface area contributed by atoms with Gasteiger partial charge in [-0.3, -0.25) is 19.5 Å². The highest BCUT2D eigenvalue weighted by atomic mass is 16.5. The molecule has 4 unspecified atom stereocenters. The smallest absolute Gasteiger partial charge is 0.335 e. The van der Waals surface area contributed by atoms with Gasteiger partial charge < -0.3 is 44.4 Å². The quantitative estimate of drug-likeness (QED) is 0.123. The van der Waals surface area contributed by atoms with Gasteiger partial charge in [0.2, 0.25) is 0 Å². The Bertz CT molecular complexity index is 3320. The van der Waals surface area contributed by atoms with E-state index in [2.05, 4.69) is 111 Å². The number of nitrogens with zero attached hydrogens (tertiary/aromatic N) is 4. The van der Waals surface area contributed by atoms with Crippen LogP contribution in [0.5, 0.6) is 5.75 Å². The third kappa shape index (κ3) is 4.98. The lowest BCUT2D eigenvalue weighted by atomic mass is 9.45. The van der Waals surface area contributed by atoms with E-state index in [9.17, 15) is 14.7 Å². The zero-order valence-electron chi connectivity index (χ0n) is 44.1. The lowest BCUT2D eigenvalue weighted by Gasteiger charge is -2.71. The number of H-pyrrole nitrogens is 1. The minimum atomic E-state index is -1.34. The number of carbonyl (C=O) groups is 2. The number of methoxy groups -OCH3 is 2. The standard InChI is InChI=1S/C62H70N6O8/c1-5-32-31-65(2)45-28-38-34-10-6-8-12-43(34)63-48(38)37(27-36(32)47(45)55(71)74-4)35-14-15-42-49(50(35)69)68-53-39(26-33-29-58-19-24-75-46(58)16-21-66-22-18-61(42,57(58)66)62(33,68)72)52-59(20-25-76-52)30-40(54(70)73-3)51-60(17-23-67(53)56(59)60)41-11-7-9-13-44(41)64-51/h5-15,33,36-37,39,45-47,52-53,56-57,63-64,69,72H,16-31H2,1-4H3/b32-5-/t33-,36-,37+,39+,45?,46+,47+,52+,53-,56?,57?,58-,59+,60+,61-,62?/m1/s1. The van der Waals surface area contributed by atoms with Crippen LogP contribution >= 0.6 is 0 Å². The first-order valence-corrected chi connectivity index (χ1v) is 28.8. The van der Waals surface area contributed by atoms with E-state index in [1.54, 1.807) is 0 Å². The Morgan fingerprint density at radius 1 is 0.895 bits per heavy atom. The van der Waals surface area contributed by atoms with E-state index in [0.29, 0.717) is 25.9 Å². The molecule has 396 valence electrons. The molecule has 13 aliphatic rings. The number of esters is 2. The maximum atomic E-state index is 15.2. The van der Waals surface area contributed by atoms with Crippen molar-refractivity contribution in [2.75, 3.05) is 70.9 Å². The molecule has 76 heavy (non-hydrogen) atoms. The third-order valence-corrected chi connectivity index (χ3v) is 24.0. The van der Waals surface area contributed by atoms with Crippen molar-refractivity contribution in [1.82, 2.24) is 19.7 Å². The van der Waals surface area contributed by atoms with Crippen LogP contribution in [0.3, 0.4) is 0 Å². The Balaban J connectivity index is 0.917. The lowest BCUT2D eigenvalue weighted by molar-refractivity contribution is -0.237. The molecule has 4 aromatic rings. The number of carbonyl (C=O) groups excluding carboxylic acids is 2. The minimum Gasteiger partial charge on any atom is -0.505 e. The van der Waals surface area contributed by atoms with Gasteiger partial charge in [-0.25, -0.2) is 4.79 Å². The van der Waals surface area contributed by atoms with Crippen molar-refractivity contribution in [3.63, 3.8) is 0 Å². The number of allylic oxidation sites excluding steroid dienone is 1. The minimum absolute atomic E-state index is 0.0389. The summed E-state index contributed by atoms with van der Waals surface area (Å²) in [6, 6.07) is 21.7. The van der Waals surface area contributed by atoms with Crippen LogP contribution in [0.2, 0.25) is 0 Å². The summed E-state index contributed by atoms with van der Waals surface area (Å²) in [4.78, 5) is 42.9. The van der Waals surface area contributed by atoms with Crippen LogP contribution in [0.4, 0.5) is 11.4 Å². The van der Waals surface area contributed by atoms with Gasteiger partial charge in [0.25, 0.3) is 0 Å². The molecule has 9 fully saturated rings. The highest BCUT2D eigenvalue weighted by molar-refractivity contribution is 5.93. The summed E-state index contributed by atoms with van der Waals surface area (Å²) in [7, 11) is 5.18. The van der Waals surface area contributed by atoms with Crippen LogP contribution in [0, 0.1) is 34.5 Å². The van der Waals surface area contributed by atoms with Crippen LogP contribution in [0.15, 0.2) is 83.6 Å². The first-order chi connectivity index (χ1) is 37.0. The molecule has 3 aliphatic carbocycles. The molecule has 0 radical (unpaired) electrons. The van der Waals surface area contributed by atoms with E-state index in [1.807, 2.05) is 0 Å². The highest BCUT2D eigenvalue weighted by Gasteiger charge is 2.84. The molecule has 16 atom stereocenters. The van der Waals surface area contributed by atoms with Crippen molar-refractivity contribution in [2.24, 2.45) is 34.5 Å². The number of aromatic nitrogens is 1. The number of rotatable bonds is 3. The summed E-state index contributed by atoms with van der Waals surface area (Å²) in [5, 5.41) is 34.4. The maximum Gasteiger partial charge on any atom is 0.335 e. The fraction of sp³-hybridized carbons (Fsp3) is 0.581. The van der Waals surface area contributed by atoms with E-state index in [-0.39, 0.29) is 83.3 Å². The number of aliphatic hydroxyl groups is 1. The highest BCUT2D eigenvalue weighted by Crippen LogP contribution is 2.78. The number of hydrogen-bond acceptors (Lipinski definition) is 13. The average molecular weight is 1030 g/mol. The predicted octanol–water partition coefficient (Wildman–Crippen LogP) is 7.04. The summed E-state index contributed by atoms with van der Waals surface area (Å²) in [5.74, 6) is -1.25. The van der Waals surface area contributed by atoms with Crippen LogP contribution in [-0.4, -0.2) is 145 Å². The van der Waals surface area contributed by atoms with Gasteiger partial charge in [-0.05, 0) is 119 Å². The van der Waals surface area contributed by atoms with Crippen LogP contribution in [0.25, 0.3) is 10.9 Å². The number of phenols is 1. The number of aromatic amines is 1. The molecule has 8 saturated heterocycles. The van der Waals surface area contributed by atoms with Gasteiger partial charge in [-0.15, -0.1) is 0 Å². The van der Waals surface area contributed by atoms with Crippen molar-refractivity contribution in [2.45, 2.75) is 130 Å². The van der Waals surface area contributed by atoms with E-state index in [0.717, 1.165) is 128 Å². The van der Waals surface area contributed by atoms with Gasteiger partial charge in [-0.2, -0.15) is 0 Å². The Kier molecular flexibility index (Phi) is 9.10. The summed E-state index contributed by atoms with van der Waals surface area (Å²) in [6.45, 7) is 6.74. The van der Waals surface area contributed by atoms with E-state index < -0.39 is 27.9 Å². The monoisotopic (exact) mass is 1030 g/mol. The number of anilines is 2. The number of aromatic hydroxyl groups is 1. The molecule has 1 aromatic heterocycles. The fourth-order valence-electron chi connectivity index (χ4n) is 21.8.